The smallest absolute Gasteiger partial charge is 0.115 e. The number of nitrogens with one attached hydrogen (secondary N) is 1. The van der Waals surface area contributed by atoms with E-state index in [0.29, 0.717) is 18.0 Å². The van der Waals surface area contributed by atoms with Crippen LogP contribution in [0.5, 0.6) is 0 Å². The first-order valence-electron chi connectivity index (χ1n) is 6.47. The monoisotopic (exact) mass is 234 g/mol. The summed E-state index contributed by atoms with van der Waals surface area (Å²) in [5.74, 6) is 0.703. The van der Waals surface area contributed by atoms with E-state index in [9.17, 15) is 0 Å². The van der Waals surface area contributed by atoms with Crippen molar-refractivity contribution in [3.8, 4) is 0 Å². The normalized spacial score (nSPS) is 26.9. The first-order valence-corrected chi connectivity index (χ1v) is 6.47. The Hall–Kier alpha value is -1.16. The molecular formula is C13H22N4. The van der Waals surface area contributed by atoms with E-state index in [4.69, 9.17) is 0 Å². The fraction of sp³-hybridized carbons (Fsp3) is 0.692. The van der Waals surface area contributed by atoms with Crippen molar-refractivity contribution in [2.75, 3.05) is 18.0 Å². The number of aromatic nitrogens is 2. The Bertz CT molecular complexity index is 341. The van der Waals surface area contributed by atoms with Crippen molar-refractivity contribution in [2.45, 2.75) is 39.3 Å². The van der Waals surface area contributed by atoms with Crippen LogP contribution in [0.3, 0.4) is 0 Å². The molecule has 94 valence electrons. The third-order valence-corrected chi connectivity index (χ3v) is 3.81. The first-order chi connectivity index (χ1) is 8.22. The molecule has 1 aliphatic heterocycles. The standard InChI is InChI=1S/C13H22N4/c1-4-10(2)13-8-17(11(3)5-16-13)12-6-14-9-15-7-12/h6-7,9-11,13,16H,4-5,8H2,1-3H3. The number of hydrogen-bond donors (Lipinski definition) is 1. The largest absolute Gasteiger partial charge is 0.363 e. The molecule has 2 rings (SSSR count). The number of nitrogens with zero attached hydrogens (tertiary/aromatic N) is 3. The molecule has 3 atom stereocenters. The van der Waals surface area contributed by atoms with Gasteiger partial charge in [0.1, 0.15) is 6.33 Å². The summed E-state index contributed by atoms with van der Waals surface area (Å²) in [6.07, 6.45) is 6.61. The van der Waals surface area contributed by atoms with Crippen LogP contribution in [0.1, 0.15) is 27.2 Å². The van der Waals surface area contributed by atoms with E-state index in [0.717, 1.165) is 18.8 Å². The lowest BCUT2D eigenvalue weighted by atomic mass is 9.95. The molecule has 1 fully saturated rings. The highest BCUT2D eigenvalue weighted by Crippen LogP contribution is 2.21. The average molecular weight is 234 g/mol. The van der Waals surface area contributed by atoms with Gasteiger partial charge in [-0.1, -0.05) is 20.3 Å². The van der Waals surface area contributed by atoms with Crippen LogP contribution in [-0.2, 0) is 0 Å². The van der Waals surface area contributed by atoms with E-state index in [2.05, 4.69) is 41.0 Å². The summed E-state index contributed by atoms with van der Waals surface area (Å²) in [5, 5.41) is 3.64. The second-order valence-corrected chi connectivity index (χ2v) is 5.00. The van der Waals surface area contributed by atoms with E-state index >= 15 is 0 Å². The van der Waals surface area contributed by atoms with Crippen LogP contribution < -0.4 is 10.2 Å². The molecule has 0 radical (unpaired) electrons. The Morgan fingerprint density at radius 3 is 2.82 bits per heavy atom. The second kappa shape index (κ2) is 5.45. The third-order valence-electron chi connectivity index (χ3n) is 3.81. The number of piperazine rings is 1. The Morgan fingerprint density at radius 2 is 2.18 bits per heavy atom. The molecule has 2 heterocycles. The van der Waals surface area contributed by atoms with Gasteiger partial charge in [0.2, 0.25) is 0 Å². The van der Waals surface area contributed by atoms with Gasteiger partial charge in [-0.25, -0.2) is 9.97 Å². The summed E-state index contributed by atoms with van der Waals surface area (Å²) in [5.41, 5.74) is 1.13. The molecule has 0 aromatic carbocycles. The molecule has 0 spiro atoms. The quantitative estimate of drug-likeness (QED) is 0.864. The zero-order valence-corrected chi connectivity index (χ0v) is 10.9. The van der Waals surface area contributed by atoms with Crippen molar-refractivity contribution in [3.05, 3.63) is 18.7 Å². The van der Waals surface area contributed by atoms with E-state index < -0.39 is 0 Å². The van der Waals surface area contributed by atoms with Gasteiger partial charge in [-0.05, 0) is 12.8 Å². The van der Waals surface area contributed by atoms with Crippen LogP contribution in [0.2, 0.25) is 0 Å². The molecule has 3 unspecified atom stereocenters. The van der Waals surface area contributed by atoms with Gasteiger partial charge >= 0.3 is 0 Å². The number of rotatable bonds is 3. The summed E-state index contributed by atoms with van der Waals surface area (Å²) in [7, 11) is 0. The van der Waals surface area contributed by atoms with E-state index in [-0.39, 0.29) is 0 Å². The lowest BCUT2D eigenvalue weighted by molar-refractivity contribution is 0.315. The SMILES string of the molecule is CCC(C)C1CN(c2cncnc2)C(C)CN1. The lowest BCUT2D eigenvalue weighted by Gasteiger charge is -2.42. The van der Waals surface area contributed by atoms with Crippen LogP contribution in [0, 0.1) is 5.92 Å². The Balaban J connectivity index is 2.10. The zero-order valence-electron chi connectivity index (χ0n) is 10.9. The molecular weight excluding hydrogens is 212 g/mol. The van der Waals surface area contributed by atoms with Crippen molar-refractivity contribution in [2.24, 2.45) is 5.92 Å². The minimum atomic E-state index is 0.501. The van der Waals surface area contributed by atoms with Crippen molar-refractivity contribution >= 4 is 5.69 Å². The Kier molecular flexibility index (Phi) is 3.94. The minimum Gasteiger partial charge on any atom is -0.363 e. The van der Waals surface area contributed by atoms with Gasteiger partial charge in [0.15, 0.2) is 0 Å². The first kappa shape index (κ1) is 12.3. The summed E-state index contributed by atoms with van der Waals surface area (Å²) < 4.78 is 0. The van der Waals surface area contributed by atoms with Gasteiger partial charge in [0.25, 0.3) is 0 Å². The van der Waals surface area contributed by atoms with E-state index in [1.165, 1.54) is 6.42 Å². The molecule has 4 heteroatoms. The van der Waals surface area contributed by atoms with Gasteiger partial charge in [-0.3, -0.25) is 0 Å². The number of anilines is 1. The zero-order chi connectivity index (χ0) is 12.3. The maximum atomic E-state index is 4.11. The van der Waals surface area contributed by atoms with Crippen molar-refractivity contribution in [1.82, 2.24) is 15.3 Å². The van der Waals surface area contributed by atoms with Crippen LogP contribution in [0.25, 0.3) is 0 Å². The van der Waals surface area contributed by atoms with Gasteiger partial charge in [0.05, 0.1) is 18.1 Å². The topological polar surface area (TPSA) is 41.1 Å². The van der Waals surface area contributed by atoms with Crippen LogP contribution in [-0.4, -0.2) is 35.1 Å². The van der Waals surface area contributed by atoms with Crippen LogP contribution >= 0.6 is 0 Å². The highest BCUT2D eigenvalue weighted by Gasteiger charge is 2.27. The molecule has 1 saturated heterocycles. The van der Waals surface area contributed by atoms with E-state index in [1.54, 1.807) is 6.33 Å². The number of hydrogen-bond acceptors (Lipinski definition) is 4. The van der Waals surface area contributed by atoms with Gasteiger partial charge in [0, 0.05) is 25.2 Å². The summed E-state index contributed by atoms with van der Waals surface area (Å²) in [4.78, 5) is 10.6. The molecule has 0 aliphatic carbocycles. The fourth-order valence-electron chi connectivity index (χ4n) is 2.35. The molecule has 1 N–H and O–H groups in total. The highest BCUT2D eigenvalue weighted by molar-refractivity contribution is 5.43. The molecule has 4 nitrogen and oxygen atoms in total. The van der Waals surface area contributed by atoms with Crippen molar-refractivity contribution in [3.63, 3.8) is 0 Å². The lowest BCUT2D eigenvalue weighted by Crippen LogP contribution is -2.57. The van der Waals surface area contributed by atoms with Crippen LogP contribution in [0.15, 0.2) is 18.7 Å². The molecule has 1 aromatic heterocycles. The van der Waals surface area contributed by atoms with Gasteiger partial charge in [-0.2, -0.15) is 0 Å². The molecule has 0 bridgehead atoms. The maximum absolute atomic E-state index is 4.11. The van der Waals surface area contributed by atoms with Crippen LogP contribution in [0.4, 0.5) is 5.69 Å². The minimum absolute atomic E-state index is 0.501. The molecule has 0 saturated carbocycles. The fourth-order valence-corrected chi connectivity index (χ4v) is 2.35. The third kappa shape index (κ3) is 2.75. The predicted molar refractivity (Wildman–Crippen MR) is 70.1 cm³/mol. The summed E-state index contributed by atoms with van der Waals surface area (Å²) in [6.45, 7) is 8.88. The van der Waals surface area contributed by atoms with Crippen molar-refractivity contribution in [1.29, 1.82) is 0 Å². The molecule has 17 heavy (non-hydrogen) atoms. The van der Waals surface area contributed by atoms with E-state index in [1.807, 2.05) is 12.4 Å². The predicted octanol–water partition coefficient (Wildman–Crippen LogP) is 1.69. The molecule has 1 aromatic rings. The molecule has 1 aliphatic rings. The second-order valence-electron chi connectivity index (χ2n) is 5.00. The van der Waals surface area contributed by atoms with Gasteiger partial charge < -0.3 is 10.2 Å². The molecule has 0 amide bonds. The van der Waals surface area contributed by atoms with Crippen molar-refractivity contribution < 1.29 is 0 Å². The Morgan fingerprint density at radius 1 is 1.47 bits per heavy atom. The summed E-state index contributed by atoms with van der Waals surface area (Å²) in [6, 6.07) is 1.07. The highest BCUT2D eigenvalue weighted by atomic mass is 15.2. The maximum Gasteiger partial charge on any atom is 0.115 e. The van der Waals surface area contributed by atoms with Gasteiger partial charge in [-0.15, -0.1) is 0 Å². The summed E-state index contributed by atoms with van der Waals surface area (Å²) >= 11 is 0. The average Bonchev–Trinajstić information content (AvgIpc) is 2.39. The Labute approximate surface area is 103 Å².